The Hall–Kier alpha value is -1.37. The topological polar surface area (TPSA) is 17.1 Å². The summed E-state index contributed by atoms with van der Waals surface area (Å²) in [6.07, 6.45) is 4.17. The normalized spacial score (nSPS) is 12.0. The fourth-order valence-corrected chi connectivity index (χ4v) is 1.47. The fraction of sp³-hybridized carbons (Fsp3) is 0.357. The molecule has 0 saturated carbocycles. The van der Waals surface area contributed by atoms with E-state index in [0.29, 0.717) is 0 Å². The van der Waals surface area contributed by atoms with Gasteiger partial charge in [0.1, 0.15) is 6.29 Å². The third-order valence-corrected chi connectivity index (χ3v) is 2.49. The average Bonchev–Trinajstić information content (AvgIpc) is 2.14. The first-order valence-electron chi connectivity index (χ1n) is 5.18. The van der Waals surface area contributed by atoms with E-state index in [4.69, 9.17) is 0 Å². The lowest BCUT2D eigenvalue weighted by molar-refractivity contribution is -0.104. The second kappa shape index (κ2) is 4.43. The number of carbonyl (C=O) groups excluding carboxylic acids is 1. The summed E-state index contributed by atoms with van der Waals surface area (Å²) in [7, 11) is 0. The Bertz CT molecular complexity index is 381. The molecule has 1 rings (SSSR count). The van der Waals surface area contributed by atoms with Crippen molar-refractivity contribution in [1.29, 1.82) is 0 Å². The number of aldehydes is 1. The van der Waals surface area contributed by atoms with E-state index < -0.39 is 0 Å². The van der Waals surface area contributed by atoms with Crippen LogP contribution in [0.15, 0.2) is 24.3 Å². The van der Waals surface area contributed by atoms with Gasteiger partial charge in [0.25, 0.3) is 0 Å². The highest BCUT2D eigenvalue weighted by molar-refractivity contribution is 5.74. The Morgan fingerprint density at radius 2 is 1.87 bits per heavy atom. The predicted molar refractivity (Wildman–Crippen MR) is 65.0 cm³/mol. The van der Waals surface area contributed by atoms with Crippen molar-refractivity contribution in [2.24, 2.45) is 0 Å². The van der Waals surface area contributed by atoms with Crippen molar-refractivity contribution in [3.63, 3.8) is 0 Å². The molecule has 0 unspecified atom stereocenters. The van der Waals surface area contributed by atoms with E-state index in [-0.39, 0.29) is 5.41 Å². The summed E-state index contributed by atoms with van der Waals surface area (Å²) in [5, 5.41) is 0. The highest BCUT2D eigenvalue weighted by Gasteiger charge is 2.13. The summed E-state index contributed by atoms with van der Waals surface area (Å²) in [4.78, 5) is 10.2. The van der Waals surface area contributed by atoms with E-state index in [9.17, 15) is 4.79 Å². The maximum Gasteiger partial charge on any atom is 0.142 e. The minimum Gasteiger partial charge on any atom is -0.299 e. The van der Waals surface area contributed by atoms with Crippen molar-refractivity contribution < 1.29 is 4.79 Å². The molecule has 0 radical (unpaired) electrons. The van der Waals surface area contributed by atoms with Gasteiger partial charge in [-0.15, -0.1) is 0 Å². The van der Waals surface area contributed by atoms with Gasteiger partial charge in [-0.05, 0) is 35.1 Å². The number of allylic oxidation sites excluding steroid dienone is 1. The van der Waals surface area contributed by atoms with Gasteiger partial charge in [0.15, 0.2) is 0 Å². The van der Waals surface area contributed by atoms with Gasteiger partial charge in [-0.1, -0.05) is 45.0 Å². The first-order chi connectivity index (χ1) is 6.95. The standard InChI is InChI=1S/C14H18O/c1-11-10-13(14(2,3)4)8-7-12(11)6-5-9-15/h5-10H,1-4H3. The van der Waals surface area contributed by atoms with E-state index in [0.717, 1.165) is 11.8 Å². The van der Waals surface area contributed by atoms with Gasteiger partial charge in [0.2, 0.25) is 0 Å². The monoisotopic (exact) mass is 202 g/mol. The molecule has 15 heavy (non-hydrogen) atoms. The van der Waals surface area contributed by atoms with Gasteiger partial charge in [0.05, 0.1) is 0 Å². The van der Waals surface area contributed by atoms with Crippen LogP contribution >= 0.6 is 0 Å². The Morgan fingerprint density at radius 3 is 2.33 bits per heavy atom. The molecule has 0 aliphatic heterocycles. The Balaban J connectivity index is 3.09. The molecule has 1 heteroatoms. The molecule has 0 aliphatic carbocycles. The molecule has 0 heterocycles. The zero-order chi connectivity index (χ0) is 11.5. The number of hydrogen-bond acceptors (Lipinski definition) is 1. The molecule has 0 spiro atoms. The van der Waals surface area contributed by atoms with Crippen LogP contribution in [-0.2, 0) is 10.2 Å². The molecule has 0 atom stereocenters. The van der Waals surface area contributed by atoms with E-state index in [1.54, 1.807) is 0 Å². The van der Waals surface area contributed by atoms with Crippen LogP contribution in [-0.4, -0.2) is 6.29 Å². The number of carbonyl (C=O) groups is 1. The second-order valence-corrected chi connectivity index (χ2v) is 4.82. The van der Waals surface area contributed by atoms with Crippen molar-refractivity contribution >= 4 is 12.4 Å². The summed E-state index contributed by atoms with van der Waals surface area (Å²) >= 11 is 0. The third-order valence-electron chi connectivity index (χ3n) is 2.49. The van der Waals surface area contributed by atoms with Crippen LogP contribution < -0.4 is 0 Å². The highest BCUT2D eigenvalue weighted by Crippen LogP contribution is 2.24. The molecule has 0 aromatic heterocycles. The molecule has 0 bridgehead atoms. The number of aryl methyl sites for hydroxylation is 1. The largest absolute Gasteiger partial charge is 0.299 e. The van der Waals surface area contributed by atoms with Crippen LogP contribution in [0.2, 0.25) is 0 Å². The van der Waals surface area contributed by atoms with Crippen LogP contribution in [0.4, 0.5) is 0 Å². The van der Waals surface area contributed by atoms with Gasteiger partial charge in [-0.2, -0.15) is 0 Å². The molecule has 0 fully saturated rings. The summed E-state index contributed by atoms with van der Waals surface area (Å²) in [5.41, 5.74) is 3.82. The van der Waals surface area contributed by atoms with Crippen LogP contribution in [0.3, 0.4) is 0 Å². The SMILES string of the molecule is Cc1cc(C(C)(C)C)ccc1C=CC=O. The highest BCUT2D eigenvalue weighted by atomic mass is 16.1. The van der Waals surface area contributed by atoms with Crippen molar-refractivity contribution in [3.05, 3.63) is 41.0 Å². The van der Waals surface area contributed by atoms with Gasteiger partial charge >= 0.3 is 0 Å². The molecule has 1 aromatic carbocycles. The maximum atomic E-state index is 10.2. The Labute approximate surface area is 91.8 Å². The van der Waals surface area contributed by atoms with E-state index in [1.807, 2.05) is 6.08 Å². The van der Waals surface area contributed by atoms with E-state index >= 15 is 0 Å². The van der Waals surface area contributed by atoms with Crippen LogP contribution in [0.1, 0.15) is 37.5 Å². The molecule has 80 valence electrons. The molecule has 0 N–H and O–H groups in total. The molecule has 1 nitrogen and oxygen atoms in total. The van der Waals surface area contributed by atoms with Gasteiger partial charge in [-0.3, -0.25) is 4.79 Å². The molecule has 0 aliphatic rings. The van der Waals surface area contributed by atoms with Crippen LogP contribution in [0.25, 0.3) is 6.08 Å². The quantitative estimate of drug-likeness (QED) is 0.530. The average molecular weight is 202 g/mol. The maximum absolute atomic E-state index is 10.2. The van der Waals surface area contributed by atoms with Gasteiger partial charge < -0.3 is 0 Å². The number of benzene rings is 1. The number of hydrogen-bond donors (Lipinski definition) is 0. The third kappa shape index (κ3) is 3.05. The summed E-state index contributed by atoms with van der Waals surface area (Å²) < 4.78 is 0. The Morgan fingerprint density at radius 1 is 1.20 bits per heavy atom. The predicted octanol–water partition coefficient (Wildman–Crippen LogP) is 3.50. The van der Waals surface area contributed by atoms with Gasteiger partial charge in [-0.25, -0.2) is 0 Å². The lowest BCUT2D eigenvalue weighted by Gasteiger charge is -2.20. The molecular formula is C14H18O. The fourth-order valence-electron chi connectivity index (χ4n) is 1.47. The minimum absolute atomic E-state index is 0.178. The number of rotatable bonds is 2. The zero-order valence-electron chi connectivity index (χ0n) is 9.87. The van der Waals surface area contributed by atoms with Crippen molar-refractivity contribution in [2.75, 3.05) is 0 Å². The lowest BCUT2D eigenvalue weighted by Crippen LogP contribution is -2.11. The molecular weight excluding hydrogens is 184 g/mol. The first-order valence-corrected chi connectivity index (χ1v) is 5.18. The van der Waals surface area contributed by atoms with Crippen LogP contribution in [0, 0.1) is 6.92 Å². The van der Waals surface area contributed by atoms with E-state index in [1.165, 1.54) is 17.2 Å². The van der Waals surface area contributed by atoms with Gasteiger partial charge in [0, 0.05) is 0 Å². The first kappa shape index (κ1) is 11.7. The summed E-state index contributed by atoms with van der Waals surface area (Å²) in [6, 6.07) is 6.37. The smallest absolute Gasteiger partial charge is 0.142 e. The van der Waals surface area contributed by atoms with Crippen LogP contribution in [0.5, 0.6) is 0 Å². The van der Waals surface area contributed by atoms with Crippen molar-refractivity contribution in [2.45, 2.75) is 33.1 Å². The lowest BCUT2D eigenvalue weighted by atomic mass is 9.85. The van der Waals surface area contributed by atoms with Crippen molar-refractivity contribution in [1.82, 2.24) is 0 Å². The van der Waals surface area contributed by atoms with E-state index in [2.05, 4.69) is 45.9 Å². The molecule has 1 aromatic rings. The molecule has 0 amide bonds. The Kier molecular flexibility index (Phi) is 3.46. The zero-order valence-corrected chi connectivity index (χ0v) is 9.87. The minimum atomic E-state index is 0.178. The summed E-state index contributed by atoms with van der Waals surface area (Å²) in [5.74, 6) is 0. The second-order valence-electron chi connectivity index (χ2n) is 4.82. The summed E-state index contributed by atoms with van der Waals surface area (Å²) in [6.45, 7) is 8.66. The molecule has 0 saturated heterocycles. The van der Waals surface area contributed by atoms with Crippen molar-refractivity contribution in [3.8, 4) is 0 Å².